The Labute approximate surface area is 160 Å². The number of piperazine rings is 1. The minimum Gasteiger partial charge on any atom is -0.314 e. The van der Waals surface area contributed by atoms with Crippen molar-refractivity contribution in [2.24, 2.45) is 0 Å². The van der Waals surface area contributed by atoms with Gasteiger partial charge in [-0.2, -0.15) is 13.2 Å². The van der Waals surface area contributed by atoms with Gasteiger partial charge in [0.1, 0.15) is 6.04 Å². The van der Waals surface area contributed by atoms with Crippen LogP contribution in [0.3, 0.4) is 0 Å². The number of nitrogens with zero attached hydrogens (tertiary/aromatic N) is 2. The average molecular weight is 433 g/mol. The van der Waals surface area contributed by atoms with Gasteiger partial charge in [-0.25, -0.2) is 13.1 Å². The van der Waals surface area contributed by atoms with Gasteiger partial charge in [-0.15, -0.1) is 12.4 Å². The Kier molecular flexibility index (Phi) is 8.42. The molecule has 2 rings (SSSR count). The largest absolute Gasteiger partial charge is 0.405 e. The number of sulfonamides is 1. The highest BCUT2D eigenvalue weighted by Gasteiger charge is 2.44. The number of hydrogen-bond donors (Lipinski definition) is 2. The Morgan fingerprint density at radius 3 is 2.48 bits per heavy atom. The van der Waals surface area contributed by atoms with Crippen LogP contribution >= 0.6 is 12.4 Å². The summed E-state index contributed by atoms with van der Waals surface area (Å²) in [5.41, 5.74) is -0.163. The van der Waals surface area contributed by atoms with Gasteiger partial charge in [-0.1, -0.05) is 12.1 Å². The minimum atomic E-state index is -4.58. The maximum Gasteiger partial charge on any atom is 0.405 e. The number of nitro benzene ring substituents is 1. The van der Waals surface area contributed by atoms with Gasteiger partial charge >= 0.3 is 6.18 Å². The van der Waals surface area contributed by atoms with Crippen molar-refractivity contribution >= 4 is 28.1 Å². The van der Waals surface area contributed by atoms with E-state index in [0.717, 1.165) is 6.07 Å². The quantitative estimate of drug-likeness (QED) is 0.496. The third-order valence-electron chi connectivity index (χ3n) is 3.94. The number of halogens is 4. The second kappa shape index (κ2) is 9.64. The molecule has 0 aliphatic carbocycles. The SMILES string of the molecule is Cl.O=[N+]([O-])c1cccc(CS(=O)(=O)NCC(N2CCNCC2)C(F)(F)F)c1. The van der Waals surface area contributed by atoms with Crippen molar-refractivity contribution in [3.63, 3.8) is 0 Å². The molecule has 1 saturated heterocycles. The molecule has 1 aromatic rings. The van der Waals surface area contributed by atoms with Gasteiger partial charge in [-0.3, -0.25) is 15.0 Å². The molecular weight excluding hydrogens is 413 g/mol. The molecule has 13 heteroatoms. The van der Waals surface area contributed by atoms with Gasteiger partial charge in [0, 0.05) is 44.9 Å². The first kappa shape index (κ1) is 23.6. The summed E-state index contributed by atoms with van der Waals surface area (Å²) in [6, 6.07) is 3.04. The summed E-state index contributed by atoms with van der Waals surface area (Å²) in [6.07, 6.45) is -4.58. The van der Waals surface area contributed by atoms with E-state index < -0.39 is 39.5 Å². The molecule has 0 bridgehead atoms. The summed E-state index contributed by atoms with van der Waals surface area (Å²) in [7, 11) is -4.09. The molecule has 1 heterocycles. The standard InChI is InChI=1S/C14H19F3N4O4S.ClH/c15-14(16,17)13(20-6-4-18-5-7-20)9-19-26(24,25)10-11-2-1-3-12(8-11)21(22)23;/h1-3,8,13,18-19H,4-7,9-10H2;1H. The smallest absolute Gasteiger partial charge is 0.314 e. The predicted molar refractivity (Wildman–Crippen MR) is 95.3 cm³/mol. The van der Waals surface area contributed by atoms with Crippen molar-refractivity contribution in [1.29, 1.82) is 0 Å². The maximum absolute atomic E-state index is 13.3. The van der Waals surface area contributed by atoms with E-state index in [1.807, 2.05) is 4.72 Å². The molecule has 1 fully saturated rings. The molecule has 27 heavy (non-hydrogen) atoms. The number of benzene rings is 1. The number of nitro groups is 1. The molecule has 0 radical (unpaired) electrons. The zero-order chi connectivity index (χ0) is 19.4. The van der Waals surface area contributed by atoms with Crippen LogP contribution in [0.15, 0.2) is 24.3 Å². The third kappa shape index (κ3) is 7.22. The molecule has 1 unspecified atom stereocenters. The first-order valence-corrected chi connectivity index (χ1v) is 9.46. The normalized spacial score (nSPS) is 17.1. The summed E-state index contributed by atoms with van der Waals surface area (Å²) in [6.45, 7) is 0.314. The van der Waals surface area contributed by atoms with Crippen molar-refractivity contribution in [1.82, 2.24) is 14.9 Å². The minimum absolute atomic E-state index is 0. The Morgan fingerprint density at radius 2 is 1.93 bits per heavy atom. The number of hydrogen-bond acceptors (Lipinski definition) is 6. The van der Waals surface area contributed by atoms with Crippen molar-refractivity contribution in [2.75, 3.05) is 32.7 Å². The number of rotatable bonds is 7. The van der Waals surface area contributed by atoms with Gasteiger partial charge in [0.15, 0.2) is 0 Å². The number of alkyl halides is 3. The Hall–Kier alpha value is -1.47. The molecule has 1 aromatic carbocycles. The first-order chi connectivity index (χ1) is 12.1. The molecule has 2 N–H and O–H groups in total. The highest BCUT2D eigenvalue weighted by Crippen LogP contribution is 2.25. The van der Waals surface area contributed by atoms with Crippen LogP contribution < -0.4 is 10.0 Å². The fraction of sp³-hybridized carbons (Fsp3) is 0.571. The van der Waals surface area contributed by atoms with Crippen molar-refractivity contribution < 1.29 is 26.5 Å². The zero-order valence-corrected chi connectivity index (χ0v) is 15.7. The highest BCUT2D eigenvalue weighted by molar-refractivity contribution is 7.88. The lowest BCUT2D eigenvalue weighted by atomic mass is 10.2. The van der Waals surface area contributed by atoms with Crippen LogP contribution in [0, 0.1) is 10.1 Å². The maximum atomic E-state index is 13.3. The second-order valence-corrected chi connectivity index (χ2v) is 7.68. The second-order valence-electron chi connectivity index (χ2n) is 5.88. The van der Waals surface area contributed by atoms with Gasteiger partial charge in [0.2, 0.25) is 10.0 Å². The van der Waals surface area contributed by atoms with Gasteiger partial charge < -0.3 is 5.32 Å². The van der Waals surface area contributed by atoms with Crippen LogP contribution in [0.25, 0.3) is 0 Å². The van der Waals surface area contributed by atoms with Crippen molar-refractivity contribution in [3.8, 4) is 0 Å². The molecule has 1 aliphatic rings. The van der Waals surface area contributed by atoms with E-state index in [2.05, 4.69) is 5.32 Å². The van der Waals surface area contributed by atoms with Crippen LogP contribution in [0.4, 0.5) is 18.9 Å². The van der Waals surface area contributed by atoms with Crippen LogP contribution in [-0.2, 0) is 15.8 Å². The number of nitrogens with one attached hydrogen (secondary N) is 2. The fourth-order valence-electron chi connectivity index (χ4n) is 2.68. The number of non-ortho nitro benzene ring substituents is 1. The van der Waals surface area contributed by atoms with Crippen LogP contribution in [-0.4, -0.2) is 63.2 Å². The monoisotopic (exact) mass is 432 g/mol. The third-order valence-corrected chi connectivity index (χ3v) is 5.26. The van der Waals surface area contributed by atoms with E-state index in [1.165, 1.54) is 23.1 Å². The van der Waals surface area contributed by atoms with Crippen LogP contribution in [0.2, 0.25) is 0 Å². The van der Waals surface area contributed by atoms with E-state index in [4.69, 9.17) is 0 Å². The van der Waals surface area contributed by atoms with Crippen LogP contribution in [0.1, 0.15) is 5.56 Å². The van der Waals surface area contributed by atoms with E-state index in [-0.39, 0.29) is 36.7 Å². The molecule has 0 amide bonds. The topological polar surface area (TPSA) is 105 Å². The van der Waals surface area contributed by atoms with Gasteiger partial charge in [0.05, 0.1) is 10.7 Å². The van der Waals surface area contributed by atoms with E-state index in [9.17, 15) is 31.7 Å². The Morgan fingerprint density at radius 1 is 1.30 bits per heavy atom. The van der Waals surface area contributed by atoms with Gasteiger partial charge in [-0.05, 0) is 5.56 Å². The van der Waals surface area contributed by atoms with Crippen molar-refractivity contribution in [2.45, 2.75) is 18.0 Å². The molecule has 154 valence electrons. The fourth-order valence-corrected chi connectivity index (χ4v) is 3.81. The van der Waals surface area contributed by atoms with Gasteiger partial charge in [0.25, 0.3) is 5.69 Å². The predicted octanol–water partition coefficient (Wildman–Crippen LogP) is 1.27. The van der Waals surface area contributed by atoms with Crippen molar-refractivity contribution in [3.05, 3.63) is 39.9 Å². The highest BCUT2D eigenvalue weighted by atomic mass is 35.5. The zero-order valence-electron chi connectivity index (χ0n) is 14.1. The summed E-state index contributed by atoms with van der Waals surface area (Å²) < 4.78 is 66.0. The summed E-state index contributed by atoms with van der Waals surface area (Å²) in [5.74, 6) is -0.638. The summed E-state index contributed by atoms with van der Waals surface area (Å²) in [4.78, 5) is 11.2. The summed E-state index contributed by atoms with van der Waals surface area (Å²) >= 11 is 0. The molecule has 0 aromatic heterocycles. The van der Waals surface area contributed by atoms with E-state index >= 15 is 0 Å². The molecule has 8 nitrogen and oxygen atoms in total. The van der Waals surface area contributed by atoms with E-state index in [0.29, 0.717) is 13.1 Å². The molecule has 1 aliphatic heterocycles. The Balaban J connectivity index is 0.00000364. The first-order valence-electron chi connectivity index (χ1n) is 7.80. The lowest BCUT2D eigenvalue weighted by molar-refractivity contribution is -0.384. The average Bonchev–Trinajstić information content (AvgIpc) is 2.54. The van der Waals surface area contributed by atoms with E-state index in [1.54, 1.807) is 0 Å². The molecule has 0 spiro atoms. The van der Waals surface area contributed by atoms with Crippen LogP contribution in [0.5, 0.6) is 0 Å². The Bertz CT molecular complexity index is 742. The molecular formula is C14H20ClF3N4O4S. The lowest BCUT2D eigenvalue weighted by Gasteiger charge is -2.35. The summed E-state index contributed by atoms with van der Waals surface area (Å²) in [5, 5.41) is 13.7. The molecule has 1 atom stereocenters. The molecule has 0 saturated carbocycles. The lowest BCUT2D eigenvalue weighted by Crippen LogP contribution is -2.57.